The Balaban J connectivity index is 2.18. The number of nitrogens with one attached hydrogen (secondary N) is 1. The topological polar surface area (TPSA) is 94.4 Å². The summed E-state index contributed by atoms with van der Waals surface area (Å²) in [5.74, 6) is 0.00255. The highest BCUT2D eigenvalue weighted by Crippen LogP contribution is 2.26. The number of rotatable bonds is 4. The minimum Gasteiger partial charge on any atom is -0.427 e. The fourth-order valence-electron chi connectivity index (χ4n) is 1.57. The fraction of sp³-hybridized carbons (Fsp3) is 0.0769. The highest BCUT2D eigenvalue weighted by molar-refractivity contribution is 5.71. The van der Waals surface area contributed by atoms with Crippen LogP contribution in [0.15, 0.2) is 42.7 Å². The Hall–Kier alpha value is -2.96. The molecule has 0 bridgehead atoms. The Morgan fingerprint density at radius 1 is 1.30 bits per heavy atom. The van der Waals surface area contributed by atoms with Crippen molar-refractivity contribution in [1.29, 1.82) is 0 Å². The summed E-state index contributed by atoms with van der Waals surface area (Å²) in [7, 11) is 0. The van der Waals surface area contributed by atoms with Gasteiger partial charge in [0.1, 0.15) is 17.6 Å². The number of hydrogen-bond donors (Lipinski definition) is 1. The second-order valence-corrected chi connectivity index (χ2v) is 3.89. The summed E-state index contributed by atoms with van der Waals surface area (Å²) in [6.45, 7) is 1.31. The highest BCUT2D eigenvalue weighted by Gasteiger charge is 2.13. The molecule has 0 radical (unpaired) electrons. The third-order valence-electron chi connectivity index (χ3n) is 2.39. The lowest BCUT2D eigenvalue weighted by Crippen LogP contribution is -2.01. The van der Waals surface area contributed by atoms with Gasteiger partial charge in [0.15, 0.2) is 0 Å². The van der Waals surface area contributed by atoms with Crippen LogP contribution in [0.2, 0.25) is 0 Å². The molecule has 0 spiro atoms. The fourth-order valence-corrected chi connectivity index (χ4v) is 1.57. The average Bonchev–Trinajstić information content (AvgIpc) is 2.41. The number of carbonyl (C=O) groups excluding carboxylic acids is 1. The normalized spacial score (nSPS) is 9.85. The molecule has 0 unspecified atom stereocenters. The summed E-state index contributed by atoms with van der Waals surface area (Å²) >= 11 is 0. The molecule has 20 heavy (non-hydrogen) atoms. The first kappa shape index (κ1) is 13.5. The van der Waals surface area contributed by atoms with Gasteiger partial charge >= 0.3 is 11.7 Å². The Morgan fingerprint density at radius 2 is 2.00 bits per heavy atom. The van der Waals surface area contributed by atoms with Gasteiger partial charge < -0.3 is 10.1 Å². The summed E-state index contributed by atoms with van der Waals surface area (Å²) in [5.41, 5.74) is 0.858. The Labute approximate surface area is 114 Å². The minimum absolute atomic E-state index is 0.114. The molecule has 7 nitrogen and oxygen atoms in total. The number of pyridine rings is 1. The van der Waals surface area contributed by atoms with Crippen LogP contribution in [0.4, 0.5) is 17.1 Å². The van der Waals surface area contributed by atoms with Gasteiger partial charge in [0, 0.05) is 18.8 Å². The molecule has 0 aliphatic carbocycles. The molecule has 0 amide bonds. The standard InChI is InChI=1S/C13H11N3O4/c1-9(17)20-11-4-2-10(3-5-11)15-12-6-7-14-8-13(12)16(18)19/h2-8H,1H3,(H,14,15). The van der Waals surface area contributed by atoms with Gasteiger partial charge in [-0.3, -0.25) is 19.9 Å². The number of anilines is 2. The van der Waals surface area contributed by atoms with Gasteiger partial charge in [0.2, 0.25) is 0 Å². The lowest BCUT2D eigenvalue weighted by molar-refractivity contribution is -0.384. The quantitative estimate of drug-likeness (QED) is 0.398. The number of aromatic nitrogens is 1. The molecule has 1 aromatic heterocycles. The SMILES string of the molecule is CC(=O)Oc1ccc(Nc2ccncc2[N+](=O)[O-])cc1. The van der Waals surface area contributed by atoms with Crippen molar-refractivity contribution in [2.75, 3.05) is 5.32 Å². The maximum absolute atomic E-state index is 10.9. The number of ether oxygens (including phenoxy) is 1. The minimum atomic E-state index is -0.511. The van der Waals surface area contributed by atoms with Crippen LogP contribution < -0.4 is 10.1 Å². The van der Waals surface area contributed by atoms with Crippen molar-refractivity contribution in [2.45, 2.75) is 6.92 Å². The number of nitro groups is 1. The van der Waals surface area contributed by atoms with Gasteiger partial charge in [-0.2, -0.15) is 0 Å². The Kier molecular flexibility index (Phi) is 3.90. The first-order chi connectivity index (χ1) is 9.56. The molecule has 0 aliphatic heterocycles. The van der Waals surface area contributed by atoms with Crippen LogP contribution in [0.3, 0.4) is 0 Å². The molecule has 1 N–H and O–H groups in total. The maximum Gasteiger partial charge on any atom is 0.310 e. The summed E-state index contributed by atoms with van der Waals surface area (Å²) < 4.78 is 4.90. The maximum atomic E-state index is 10.9. The lowest BCUT2D eigenvalue weighted by atomic mass is 10.2. The third kappa shape index (κ3) is 3.29. The van der Waals surface area contributed by atoms with E-state index in [0.29, 0.717) is 17.1 Å². The first-order valence-corrected chi connectivity index (χ1v) is 5.70. The van der Waals surface area contributed by atoms with Crippen molar-refractivity contribution in [3.05, 3.63) is 52.8 Å². The lowest BCUT2D eigenvalue weighted by Gasteiger charge is -2.07. The summed E-state index contributed by atoms with van der Waals surface area (Å²) in [4.78, 5) is 24.8. The van der Waals surface area contributed by atoms with Crippen LogP contribution in [-0.2, 0) is 4.79 Å². The number of esters is 1. The van der Waals surface area contributed by atoms with Crippen molar-refractivity contribution in [2.24, 2.45) is 0 Å². The van der Waals surface area contributed by atoms with E-state index in [1.165, 1.54) is 25.4 Å². The van der Waals surface area contributed by atoms with Gasteiger partial charge in [0.25, 0.3) is 0 Å². The summed E-state index contributed by atoms with van der Waals surface area (Å²) in [6.07, 6.45) is 2.64. The zero-order valence-electron chi connectivity index (χ0n) is 10.6. The van der Waals surface area contributed by atoms with E-state index in [0.717, 1.165) is 0 Å². The van der Waals surface area contributed by atoms with Crippen molar-refractivity contribution in [3.63, 3.8) is 0 Å². The van der Waals surface area contributed by atoms with Gasteiger partial charge in [0.05, 0.1) is 4.92 Å². The van der Waals surface area contributed by atoms with Gasteiger partial charge in [-0.05, 0) is 30.3 Å². The number of benzene rings is 1. The average molecular weight is 273 g/mol. The molecule has 0 saturated carbocycles. The van der Waals surface area contributed by atoms with E-state index in [-0.39, 0.29) is 5.69 Å². The molecule has 0 saturated heterocycles. The van der Waals surface area contributed by atoms with E-state index in [9.17, 15) is 14.9 Å². The van der Waals surface area contributed by atoms with Gasteiger partial charge in [-0.25, -0.2) is 0 Å². The van der Waals surface area contributed by atoms with E-state index in [1.807, 2.05) is 0 Å². The van der Waals surface area contributed by atoms with Crippen molar-refractivity contribution in [1.82, 2.24) is 4.98 Å². The monoisotopic (exact) mass is 273 g/mol. The molecule has 1 heterocycles. The predicted molar refractivity (Wildman–Crippen MR) is 71.9 cm³/mol. The predicted octanol–water partition coefficient (Wildman–Crippen LogP) is 2.66. The van der Waals surface area contributed by atoms with E-state index in [4.69, 9.17) is 4.74 Å². The van der Waals surface area contributed by atoms with E-state index in [1.54, 1.807) is 24.3 Å². The van der Waals surface area contributed by atoms with E-state index >= 15 is 0 Å². The van der Waals surface area contributed by atoms with Gasteiger partial charge in [-0.1, -0.05) is 0 Å². The smallest absolute Gasteiger partial charge is 0.310 e. The third-order valence-corrected chi connectivity index (χ3v) is 2.39. The molecule has 0 atom stereocenters. The van der Waals surface area contributed by atoms with E-state index < -0.39 is 10.9 Å². The highest BCUT2D eigenvalue weighted by atomic mass is 16.6. The summed E-state index contributed by atoms with van der Waals surface area (Å²) in [5, 5.41) is 13.8. The molecular weight excluding hydrogens is 262 g/mol. The van der Waals surface area contributed by atoms with Gasteiger partial charge in [-0.15, -0.1) is 0 Å². The van der Waals surface area contributed by atoms with E-state index in [2.05, 4.69) is 10.3 Å². The van der Waals surface area contributed by atoms with Crippen LogP contribution in [-0.4, -0.2) is 15.9 Å². The molecule has 2 rings (SSSR count). The molecule has 1 aromatic carbocycles. The molecule has 2 aromatic rings. The largest absolute Gasteiger partial charge is 0.427 e. The molecule has 0 fully saturated rings. The first-order valence-electron chi connectivity index (χ1n) is 5.70. The van der Waals surface area contributed by atoms with Crippen LogP contribution in [0.25, 0.3) is 0 Å². The van der Waals surface area contributed by atoms with Crippen molar-refractivity contribution >= 4 is 23.0 Å². The molecule has 102 valence electrons. The Morgan fingerprint density at radius 3 is 2.60 bits per heavy atom. The van der Waals surface area contributed by atoms with Crippen LogP contribution in [0, 0.1) is 10.1 Å². The molecule has 7 heteroatoms. The van der Waals surface area contributed by atoms with Crippen molar-refractivity contribution < 1.29 is 14.5 Å². The number of hydrogen-bond acceptors (Lipinski definition) is 6. The number of nitrogens with zero attached hydrogens (tertiary/aromatic N) is 2. The van der Waals surface area contributed by atoms with Crippen LogP contribution in [0.5, 0.6) is 5.75 Å². The zero-order valence-corrected chi connectivity index (χ0v) is 10.6. The van der Waals surface area contributed by atoms with Crippen molar-refractivity contribution in [3.8, 4) is 5.75 Å². The second kappa shape index (κ2) is 5.79. The van der Waals surface area contributed by atoms with Crippen LogP contribution >= 0.6 is 0 Å². The second-order valence-electron chi connectivity index (χ2n) is 3.89. The molecular formula is C13H11N3O4. The number of carbonyl (C=O) groups is 1. The summed E-state index contributed by atoms with van der Waals surface area (Å²) in [6, 6.07) is 8.01. The molecule has 0 aliphatic rings. The zero-order chi connectivity index (χ0) is 14.5. The van der Waals surface area contributed by atoms with Crippen LogP contribution in [0.1, 0.15) is 6.92 Å². The Bertz CT molecular complexity index is 640.